The Bertz CT molecular complexity index is 618. The molecule has 1 aliphatic carbocycles. The first-order valence-corrected chi connectivity index (χ1v) is 5.94. The lowest BCUT2D eigenvalue weighted by Crippen LogP contribution is -2.09. The van der Waals surface area contributed by atoms with Gasteiger partial charge in [-0.25, -0.2) is 8.78 Å². The molecule has 1 aromatic carbocycles. The zero-order valence-corrected chi connectivity index (χ0v) is 10.9. The Kier molecular flexibility index (Phi) is 3.37. The van der Waals surface area contributed by atoms with Crippen LogP contribution in [0.4, 0.5) is 8.78 Å². The highest BCUT2D eigenvalue weighted by molar-refractivity contribution is 6.26. The van der Waals surface area contributed by atoms with Crippen molar-refractivity contribution in [2.75, 3.05) is 0 Å². The van der Waals surface area contributed by atoms with Crippen LogP contribution in [0.3, 0.4) is 0 Å². The van der Waals surface area contributed by atoms with E-state index in [0.717, 1.165) is 6.08 Å². The summed E-state index contributed by atoms with van der Waals surface area (Å²) in [5.74, 6) is -1.76. The number of benzene rings is 1. The van der Waals surface area contributed by atoms with E-state index in [1.165, 1.54) is 31.2 Å². The molecule has 0 aromatic heterocycles. The van der Waals surface area contributed by atoms with Crippen LogP contribution in [0.15, 0.2) is 53.7 Å². The molecular formula is C14H12ClF2NO. The van der Waals surface area contributed by atoms with Gasteiger partial charge in [-0.3, -0.25) is 0 Å². The summed E-state index contributed by atoms with van der Waals surface area (Å²) >= 11 is 6.00. The van der Waals surface area contributed by atoms with Gasteiger partial charge in [-0.15, -0.1) is 11.6 Å². The Labute approximate surface area is 114 Å². The van der Waals surface area contributed by atoms with E-state index in [2.05, 4.69) is 0 Å². The molecule has 2 nitrogen and oxygen atoms in total. The summed E-state index contributed by atoms with van der Waals surface area (Å²) in [5, 5.41) is 10.0. The van der Waals surface area contributed by atoms with Gasteiger partial charge in [0.25, 0.3) is 0 Å². The molecule has 0 saturated heterocycles. The van der Waals surface area contributed by atoms with Crippen molar-refractivity contribution in [2.24, 2.45) is 5.73 Å². The van der Waals surface area contributed by atoms with E-state index in [0.29, 0.717) is 0 Å². The van der Waals surface area contributed by atoms with Gasteiger partial charge in [0.1, 0.15) is 17.4 Å². The monoisotopic (exact) mass is 283 g/mol. The maximum atomic E-state index is 13.9. The van der Waals surface area contributed by atoms with Crippen LogP contribution in [0.2, 0.25) is 0 Å². The highest BCUT2D eigenvalue weighted by Gasteiger charge is 2.27. The predicted molar refractivity (Wildman–Crippen MR) is 71.7 cm³/mol. The molecule has 100 valence electrons. The summed E-state index contributed by atoms with van der Waals surface area (Å²) in [7, 11) is 0. The number of hydrogen-bond donors (Lipinski definition) is 2. The number of aliphatic hydroxyl groups is 1. The van der Waals surface area contributed by atoms with E-state index in [1.54, 1.807) is 6.07 Å². The third-order valence-corrected chi connectivity index (χ3v) is 2.97. The van der Waals surface area contributed by atoms with E-state index in [1.807, 2.05) is 0 Å². The van der Waals surface area contributed by atoms with E-state index in [4.69, 9.17) is 17.3 Å². The van der Waals surface area contributed by atoms with Crippen LogP contribution in [0, 0.1) is 5.82 Å². The van der Waals surface area contributed by atoms with Crippen LogP contribution in [-0.2, 0) is 0 Å². The molecule has 1 unspecified atom stereocenters. The van der Waals surface area contributed by atoms with Gasteiger partial charge in [-0.2, -0.15) is 0 Å². The maximum absolute atomic E-state index is 13.9. The van der Waals surface area contributed by atoms with Crippen LogP contribution in [-0.4, -0.2) is 9.98 Å². The van der Waals surface area contributed by atoms with E-state index in [-0.39, 0.29) is 22.6 Å². The molecule has 2 rings (SSSR count). The molecule has 0 heterocycles. The first-order valence-electron chi connectivity index (χ1n) is 5.56. The van der Waals surface area contributed by atoms with Crippen molar-refractivity contribution in [3.63, 3.8) is 0 Å². The minimum absolute atomic E-state index is 0.0201. The molecule has 19 heavy (non-hydrogen) atoms. The average Bonchev–Trinajstić information content (AvgIpc) is 2.36. The van der Waals surface area contributed by atoms with Crippen molar-refractivity contribution < 1.29 is 13.9 Å². The molecule has 1 aromatic rings. The lowest BCUT2D eigenvalue weighted by atomic mass is 10.0. The number of aliphatic hydroxyl groups excluding tert-OH is 1. The second-order valence-corrected chi connectivity index (χ2v) is 5.26. The molecule has 0 radical (unpaired) electrons. The molecule has 0 fully saturated rings. The summed E-state index contributed by atoms with van der Waals surface area (Å²) in [5.41, 5.74) is 5.22. The number of rotatable bonds is 1. The van der Waals surface area contributed by atoms with Crippen molar-refractivity contribution in [3.05, 3.63) is 65.1 Å². The summed E-state index contributed by atoms with van der Waals surface area (Å²) in [6.45, 7) is 1.49. The minimum atomic E-state index is -1.23. The molecular weight excluding hydrogens is 272 g/mol. The van der Waals surface area contributed by atoms with E-state index in [9.17, 15) is 13.9 Å². The summed E-state index contributed by atoms with van der Waals surface area (Å²) < 4.78 is 27.7. The maximum Gasteiger partial charge on any atom is 0.144 e. The number of hydrogen-bond acceptors (Lipinski definition) is 2. The Morgan fingerprint density at radius 1 is 1.21 bits per heavy atom. The largest absolute Gasteiger partial charge is 0.507 e. The molecule has 5 heteroatoms. The number of halogens is 3. The highest BCUT2D eigenvalue weighted by Crippen LogP contribution is 2.35. The molecule has 0 saturated carbocycles. The molecule has 3 N–H and O–H groups in total. The predicted octanol–water partition coefficient (Wildman–Crippen LogP) is 3.80. The fourth-order valence-corrected chi connectivity index (χ4v) is 2.11. The Morgan fingerprint density at radius 2 is 1.84 bits per heavy atom. The molecule has 0 spiro atoms. The van der Waals surface area contributed by atoms with Gasteiger partial charge < -0.3 is 10.8 Å². The Hall–Kier alpha value is -1.81. The van der Waals surface area contributed by atoms with Gasteiger partial charge in [0.05, 0.1) is 16.1 Å². The van der Waals surface area contributed by atoms with Gasteiger partial charge in [-0.1, -0.05) is 18.2 Å². The van der Waals surface area contributed by atoms with Crippen molar-refractivity contribution in [2.45, 2.75) is 11.8 Å². The fraction of sp³-hybridized carbons (Fsp3) is 0.143. The standard InChI is InChI=1S/C14H12ClF2NO/c1-14(15)6-10(17)13(18)12(11(19)7-14)8-4-2-3-5-9(8)16/h2-7,19H,18H2,1H3. The van der Waals surface area contributed by atoms with Gasteiger partial charge in [0.15, 0.2) is 0 Å². The van der Waals surface area contributed by atoms with E-state index < -0.39 is 16.5 Å². The van der Waals surface area contributed by atoms with Gasteiger partial charge in [-0.05, 0) is 25.1 Å². The quantitative estimate of drug-likeness (QED) is 0.770. The molecule has 0 aliphatic heterocycles. The van der Waals surface area contributed by atoms with Crippen molar-refractivity contribution in [1.29, 1.82) is 0 Å². The number of nitrogens with two attached hydrogens (primary N) is 1. The zero-order chi connectivity index (χ0) is 14.2. The van der Waals surface area contributed by atoms with Crippen molar-refractivity contribution in [1.82, 2.24) is 0 Å². The van der Waals surface area contributed by atoms with Crippen LogP contribution < -0.4 is 5.73 Å². The fourth-order valence-electron chi connectivity index (χ4n) is 1.91. The van der Waals surface area contributed by atoms with Gasteiger partial charge >= 0.3 is 0 Å². The third-order valence-electron chi connectivity index (χ3n) is 2.75. The normalized spacial score (nSPS) is 23.8. The Balaban J connectivity index is 2.71. The molecule has 1 aliphatic rings. The molecule has 1 atom stereocenters. The molecule has 0 bridgehead atoms. The summed E-state index contributed by atoms with van der Waals surface area (Å²) in [6.07, 6.45) is 2.28. The topological polar surface area (TPSA) is 46.2 Å². The lowest BCUT2D eigenvalue weighted by Gasteiger charge is -2.12. The van der Waals surface area contributed by atoms with Gasteiger partial charge in [0, 0.05) is 5.56 Å². The minimum Gasteiger partial charge on any atom is -0.507 e. The first-order chi connectivity index (χ1) is 8.82. The van der Waals surface area contributed by atoms with Crippen molar-refractivity contribution in [3.8, 4) is 0 Å². The number of alkyl halides is 1. The summed E-state index contributed by atoms with van der Waals surface area (Å²) in [4.78, 5) is -1.23. The second-order valence-electron chi connectivity index (χ2n) is 4.44. The SMILES string of the molecule is CC1(Cl)C=C(O)C(c2ccccc2F)=C(N)C(F)=C1. The Morgan fingerprint density at radius 3 is 2.47 bits per heavy atom. The van der Waals surface area contributed by atoms with Crippen LogP contribution in [0.25, 0.3) is 5.57 Å². The van der Waals surface area contributed by atoms with Crippen LogP contribution >= 0.6 is 11.6 Å². The van der Waals surface area contributed by atoms with Crippen LogP contribution in [0.1, 0.15) is 12.5 Å². The molecule has 0 amide bonds. The smallest absolute Gasteiger partial charge is 0.144 e. The van der Waals surface area contributed by atoms with Crippen LogP contribution in [0.5, 0.6) is 0 Å². The second kappa shape index (κ2) is 4.70. The zero-order valence-electron chi connectivity index (χ0n) is 10.1. The number of allylic oxidation sites excluding steroid dienone is 4. The third kappa shape index (κ3) is 2.63. The average molecular weight is 284 g/mol. The lowest BCUT2D eigenvalue weighted by molar-refractivity contribution is 0.433. The highest BCUT2D eigenvalue weighted by atomic mass is 35.5. The van der Waals surface area contributed by atoms with E-state index >= 15 is 0 Å². The van der Waals surface area contributed by atoms with Gasteiger partial charge in [0.2, 0.25) is 0 Å². The van der Waals surface area contributed by atoms with Crippen molar-refractivity contribution >= 4 is 17.2 Å². The first kappa shape index (κ1) is 13.6. The summed E-state index contributed by atoms with van der Waals surface area (Å²) in [6, 6.07) is 5.67.